The first-order chi connectivity index (χ1) is 6.27. The maximum absolute atomic E-state index is 10.4. The molecule has 2 rings (SSSR count). The molecular formula is C8H7BN2O2. The molecule has 0 unspecified atom stereocenters. The summed E-state index contributed by atoms with van der Waals surface area (Å²) in [5, 5.41) is 10.4. The van der Waals surface area contributed by atoms with Gasteiger partial charge in [-0.05, 0) is 12.3 Å². The molecule has 13 heavy (non-hydrogen) atoms. The van der Waals surface area contributed by atoms with Gasteiger partial charge >= 0.3 is 6.85 Å². The molecule has 0 N–H and O–H groups in total. The van der Waals surface area contributed by atoms with Gasteiger partial charge in [0, 0.05) is 6.08 Å². The van der Waals surface area contributed by atoms with Crippen molar-refractivity contribution in [2.45, 2.75) is 0 Å². The lowest BCUT2D eigenvalue weighted by Gasteiger charge is -2.23. The topological polar surface area (TPSA) is 46.4 Å². The van der Waals surface area contributed by atoms with Crippen LogP contribution in [0.1, 0.15) is 0 Å². The van der Waals surface area contributed by atoms with Crippen molar-refractivity contribution in [2.75, 3.05) is 0 Å². The van der Waals surface area contributed by atoms with Crippen molar-refractivity contribution in [2.24, 2.45) is 0 Å². The predicted molar refractivity (Wildman–Crippen MR) is 50.1 cm³/mol. The third-order valence-electron chi connectivity index (χ3n) is 1.98. The molecule has 2 heterocycles. The second-order valence-electron chi connectivity index (χ2n) is 2.83. The number of allylic oxidation sites excluding steroid dienone is 3. The van der Waals surface area contributed by atoms with Crippen LogP contribution in [0.3, 0.4) is 0 Å². The normalized spacial score (nSPS) is 18.6. The van der Waals surface area contributed by atoms with Crippen LogP contribution in [0, 0.1) is 10.1 Å². The van der Waals surface area contributed by atoms with Crippen LogP contribution < -0.4 is 0 Å². The van der Waals surface area contributed by atoms with Crippen LogP contribution in [0.2, 0.25) is 0 Å². The van der Waals surface area contributed by atoms with Crippen molar-refractivity contribution >= 4 is 6.85 Å². The first-order valence-electron chi connectivity index (χ1n) is 3.94. The molecule has 64 valence electrons. The predicted octanol–water partition coefficient (Wildman–Crippen LogP) is 1.13. The van der Waals surface area contributed by atoms with Gasteiger partial charge in [-0.3, -0.25) is 10.1 Å². The molecular weight excluding hydrogens is 167 g/mol. The van der Waals surface area contributed by atoms with Crippen LogP contribution in [0.15, 0.2) is 48.3 Å². The van der Waals surface area contributed by atoms with Crippen molar-refractivity contribution in [3.63, 3.8) is 0 Å². The van der Waals surface area contributed by atoms with Crippen LogP contribution in [0.25, 0.3) is 0 Å². The molecule has 2 aliphatic rings. The molecule has 0 amide bonds. The summed E-state index contributed by atoms with van der Waals surface area (Å²) in [4.78, 5) is 11.9. The summed E-state index contributed by atoms with van der Waals surface area (Å²) in [6.07, 6.45) is 8.66. The first-order valence-corrected chi connectivity index (χ1v) is 3.94. The fourth-order valence-corrected chi connectivity index (χ4v) is 1.32. The number of hydrogen-bond acceptors (Lipinski definition) is 3. The third-order valence-corrected chi connectivity index (χ3v) is 1.98. The Bertz CT molecular complexity index is 357. The van der Waals surface area contributed by atoms with Gasteiger partial charge in [0.1, 0.15) is 0 Å². The molecule has 0 atom stereocenters. The largest absolute Gasteiger partial charge is 0.384 e. The summed E-state index contributed by atoms with van der Waals surface area (Å²) in [6.45, 7) is 0.133. The highest BCUT2D eigenvalue weighted by Crippen LogP contribution is 2.15. The van der Waals surface area contributed by atoms with Crippen LogP contribution >= 0.6 is 0 Å². The second kappa shape index (κ2) is 2.93. The van der Waals surface area contributed by atoms with Gasteiger partial charge in [-0.25, -0.2) is 0 Å². The summed E-state index contributed by atoms with van der Waals surface area (Å²) in [5.74, 6) is 3.78. The van der Waals surface area contributed by atoms with E-state index in [1.165, 1.54) is 12.3 Å². The minimum absolute atomic E-state index is 0.121. The molecule has 0 saturated carbocycles. The molecule has 5 heteroatoms. The van der Waals surface area contributed by atoms with Crippen LogP contribution in [0.4, 0.5) is 0 Å². The Morgan fingerprint density at radius 3 is 3.00 bits per heavy atom. The smallest absolute Gasteiger partial charge is 0.312 e. The van der Waals surface area contributed by atoms with E-state index < -0.39 is 0 Å². The SMILES string of the molecule is O=[N+]([O-])C1=CN2C=CC=CB2C=C1. The number of hydrogen-bond donors (Lipinski definition) is 0. The van der Waals surface area contributed by atoms with Crippen LogP contribution in [-0.2, 0) is 0 Å². The maximum atomic E-state index is 10.4. The van der Waals surface area contributed by atoms with E-state index in [0.29, 0.717) is 0 Å². The molecule has 0 saturated heterocycles. The highest BCUT2D eigenvalue weighted by atomic mass is 16.6. The summed E-state index contributed by atoms with van der Waals surface area (Å²) < 4.78 is 0. The molecule has 0 aliphatic carbocycles. The second-order valence-corrected chi connectivity index (χ2v) is 2.83. The molecule has 0 aromatic heterocycles. The van der Waals surface area contributed by atoms with Gasteiger partial charge in [0.15, 0.2) is 0 Å². The fraction of sp³-hybridized carbons (Fsp3) is 0. The number of nitro groups is 1. The molecule has 0 spiro atoms. The Balaban J connectivity index is 2.27. The lowest BCUT2D eigenvalue weighted by atomic mass is 9.58. The van der Waals surface area contributed by atoms with Gasteiger partial charge in [-0.1, -0.05) is 18.0 Å². The van der Waals surface area contributed by atoms with Gasteiger partial charge in [-0.2, -0.15) is 0 Å². The van der Waals surface area contributed by atoms with E-state index in [1.54, 1.807) is 10.8 Å². The summed E-state index contributed by atoms with van der Waals surface area (Å²) in [7, 11) is 0. The van der Waals surface area contributed by atoms with E-state index in [4.69, 9.17) is 0 Å². The third kappa shape index (κ3) is 1.40. The zero-order chi connectivity index (χ0) is 9.26. The fourth-order valence-electron chi connectivity index (χ4n) is 1.32. The minimum atomic E-state index is -0.390. The Hall–Kier alpha value is -1.78. The van der Waals surface area contributed by atoms with Crippen LogP contribution in [0.5, 0.6) is 0 Å². The van der Waals surface area contributed by atoms with Gasteiger partial charge in [0.05, 0.1) is 11.1 Å². The maximum Gasteiger partial charge on any atom is 0.312 e. The standard InChI is InChI=1S/C8H7BN2O2/c12-11(13)8-3-5-9-4-1-2-6-10(9)7-8/h1-7H. The summed E-state index contributed by atoms with van der Waals surface area (Å²) in [5.41, 5.74) is 0.121. The van der Waals surface area contributed by atoms with E-state index in [1.807, 2.05) is 24.3 Å². The van der Waals surface area contributed by atoms with Crippen molar-refractivity contribution in [3.8, 4) is 0 Å². The minimum Gasteiger partial charge on any atom is -0.384 e. The molecule has 4 nitrogen and oxygen atoms in total. The molecule has 0 aromatic carbocycles. The Morgan fingerprint density at radius 1 is 1.38 bits per heavy atom. The van der Waals surface area contributed by atoms with E-state index in [-0.39, 0.29) is 17.5 Å². The number of nitrogens with zero attached hydrogens (tertiary/aromatic N) is 2. The van der Waals surface area contributed by atoms with E-state index in [0.717, 1.165) is 0 Å². The highest BCUT2D eigenvalue weighted by Gasteiger charge is 2.22. The van der Waals surface area contributed by atoms with Gasteiger partial charge in [0.2, 0.25) is 0 Å². The lowest BCUT2D eigenvalue weighted by molar-refractivity contribution is -0.419. The monoisotopic (exact) mass is 174 g/mol. The molecule has 0 bridgehead atoms. The average molecular weight is 174 g/mol. The molecule has 0 radical (unpaired) electrons. The van der Waals surface area contributed by atoms with E-state index in [2.05, 4.69) is 0 Å². The quantitative estimate of drug-likeness (QED) is 0.340. The zero-order valence-corrected chi connectivity index (χ0v) is 6.83. The lowest BCUT2D eigenvalue weighted by Crippen LogP contribution is -2.32. The Kier molecular flexibility index (Phi) is 1.77. The zero-order valence-electron chi connectivity index (χ0n) is 6.83. The van der Waals surface area contributed by atoms with Gasteiger partial charge in [-0.15, -0.1) is 0 Å². The number of fused-ring (bicyclic) bond motifs is 1. The summed E-state index contributed by atoms with van der Waals surface area (Å²) >= 11 is 0. The Labute approximate surface area is 75.8 Å². The van der Waals surface area contributed by atoms with Crippen LogP contribution in [-0.4, -0.2) is 16.6 Å². The summed E-state index contributed by atoms with van der Waals surface area (Å²) in [6, 6.07) is 0. The van der Waals surface area contributed by atoms with Crippen molar-refractivity contribution in [1.82, 2.24) is 4.81 Å². The highest BCUT2D eigenvalue weighted by molar-refractivity contribution is 6.67. The van der Waals surface area contributed by atoms with E-state index in [9.17, 15) is 10.1 Å². The molecule has 0 fully saturated rings. The average Bonchev–Trinajstić information content (AvgIpc) is 2.17. The number of rotatable bonds is 1. The molecule has 0 aromatic rings. The molecule has 2 aliphatic heterocycles. The van der Waals surface area contributed by atoms with Gasteiger partial charge in [0.25, 0.3) is 5.70 Å². The Morgan fingerprint density at radius 2 is 2.23 bits per heavy atom. The van der Waals surface area contributed by atoms with Crippen molar-refractivity contribution in [3.05, 3.63) is 58.4 Å². The van der Waals surface area contributed by atoms with E-state index >= 15 is 0 Å². The van der Waals surface area contributed by atoms with Crippen molar-refractivity contribution < 1.29 is 4.92 Å². The van der Waals surface area contributed by atoms with Gasteiger partial charge < -0.3 is 4.81 Å². The first kappa shape index (κ1) is 7.85. The van der Waals surface area contributed by atoms with Crippen molar-refractivity contribution in [1.29, 1.82) is 0 Å².